The second-order valence-corrected chi connectivity index (χ2v) is 6.20. The molecule has 1 aromatic rings. The second kappa shape index (κ2) is 5.83. The van der Waals surface area contributed by atoms with Crippen molar-refractivity contribution in [1.29, 1.82) is 0 Å². The van der Waals surface area contributed by atoms with Crippen LogP contribution < -0.4 is 5.32 Å². The van der Waals surface area contributed by atoms with Gasteiger partial charge in [-0.1, -0.05) is 37.0 Å². The van der Waals surface area contributed by atoms with Crippen molar-refractivity contribution in [2.45, 2.75) is 59.4 Å². The molecule has 0 spiro atoms. The van der Waals surface area contributed by atoms with Crippen LogP contribution in [0, 0.1) is 18.3 Å². The Labute approximate surface area is 109 Å². The summed E-state index contributed by atoms with van der Waals surface area (Å²) in [6.07, 6.45) is 6.84. The summed E-state index contributed by atoms with van der Waals surface area (Å²) in [5.41, 5.74) is 2.35. The third-order valence-electron chi connectivity index (χ3n) is 4.04. The SMILES string of the molecule is Cc1nonc1CNCC1(CC(C)C)CCCC1. The van der Waals surface area contributed by atoms with Gasteiger partial charge in [0.1, 0.15) is 11.4 Å². The van der Waals surface area contributed by atoms with Crippen LogP contribution in [-0.4, -0.2) is 16.9 Å². The molecule has 4 nitrogen and oxygen atoms in total. The van der Waals surface area contributed by atoms with Gasteiger partial charge in [0.15, 0.2) is 0 Å². The fourth-order valence-electron chi connectivity index (χ4n) is 3.30. The summed E-state index contributed by atoms with van der Waals surface area (Å²) in [6, 6.07) is 0. The Morgan fingerprint density at radius 3 is 2.56 bits per heavy atom. The highest BCUT2D eigenvalue weighted by Crippen LogP contribution is 2.42. The molecule has 1 saturated carbocycles. The summed E-state index contributed by atoms with van der Waals surface area (Å²) in [4.78, 5) is 0. The molecule has 0 atom stereocenters. The van der Waals surface area contributed by atoms with E-state index >= 15 is 0 Å². The second-order valence-electron chi connectivity index (χ2n) is 6.20. The zero-order valence-corrected chi connectivity index (χ0v) is 11.8. The fourth-order valence-corrected chi connectivity index (χ4v) is 3.30. The van der Waals surface area contributed by atoms with E-state index in [-0.39, 0.29) is 0 Å². The van der Waals surface area contributed by atoms with E-state index in [0.29, 0.717) is 5.41 Å². The molecule has 0 amide bonds. The molecule has 0 aromatic carbocycles. The highest BCUT2D eigenvalue weighted by atomic mass is 16.6. The maximum atomic E-state index is 4.72. The number of rotatable bonds is 6. The number of nitrogens with zero attached hydrogens (tertiary/aromatic N) is 2. The predicted octanol–water partition coefficient (Wildman–Crippen LogP) is 3.07. The predicted molar refractivity (Wildman–Crippen MR) is 71.1 cm³/mol. The Morgan fingerprint density at radius 1 is 1.28 bits per heavy atom. The van der Waals surface area contributed by atoms with E-state index in [1.54, 1.807) is 0 Å². The fraction of sp³-hybridized carbons (Fsp3) is 0.857. The van der Waals surface area contributed by atoms with Gasteiger partial charge < -0.3 is 5.32 Å². The molecule has 1 fully saturated rings. The Hall–Kier alpha value is -0.900. The lowest BCUT2D eigenvalue weighted by Crippen LogP contribution is -2.33. The Kier molecular flexibility index (Phi) is 4.38. The van der Waals surface area contributed by atoms with Gasteiger partial charge in [0.25, 0.3) is 0 Å². The van der Waals surface area contributed by atoms with Gasteiger partial charge in [-0.2, -0.15) is 0 Å². The number of hydrogen-bond acceptors (Lipinski definition) is 4. The van der Waals surface area contributed by atoms with Crippen molar-refractivity contribution in [3.8, 4) is 0 Å². The highest BCUT2D eigenvalue weighted by Gasteiger charge is 2.33. The van der Waals surface area contributed by atoms with Crippen LogP contribution in [-0.2, 0) is 6.54 Å². The van der Waals surface area contributed by atoms with Gasteiger partial charge in [-0.3, -0.25) is 0 Å². The molecular formula is C14H25N3O. The molecule has 1 aliphatic rings. The Balaban J connectivity index is 1.85. The van der Waals surface area contributed by atoms with E-state index in [1.165, 1.54) is 32.1 Å². The molecule has 0 radical (unpaired) electrons. The molecule has 18 heavy (non-hydrogen) atoms. The largest absolute Gasteiger partial charge is 0.310 e. The van der Waals surface area contributed by atoms with Crippen LogP contribution in [0.25, 0.3) is 0 Å². The topological polar surface area (TPSA) is 51.0 Å². The molecule has 102 valence electrons. The lowest BCUT2D eigenvalue weighted by Gasteiger charge is -2.31. The van der Waals surface area contributed by atoms with Crippen molar-refractivity contribution < 1.29 is 4.63 Å². The maximum absolute atomic E-state index is 4.72. The first-order valence-corrected chi connectivity index (χ1v) is 7.10. The van der Waals surface area contributed by atoms with Gasteiger partial charge >= 0.3 is 0 Å². The van der Waals surface area contributed by atoms with Crippen molar-refractivity contribution in [2.24, 2.45) is 11.3 Å². The van der Waals surface area contributed by atoms with Crippen LogP contribution in [0.5, 0.6) is 0 Å². The Morgan fingerprint density at radius 2 is 2.00 bits per heavy atom. The van der Waals surface area contributed by atoms with Gasteiger partial charge in [0.2, 0.25) is 0 Å². The van der Waals surface area contributed by atoms with Crippen LogP contribution in [0.2, 0.25) is 0 Å². The van der Waals surface area contributed by atoms with E-state index in [2.05, 4.69) is 29.5 Å². The third-order valence-corrected chi connectivity index (χ3v) is 4.04. The monoisotopic (exact) mass is 251 g/mol. The van der Waals surface area contributed by atoms with Crippen molar-refractivity contribution in [1.82, 2.24) is 15.6 Å². The van der Waals surface area contributed by atoms with Crippen molar-refractivity contribution in [3.63, 3.8) is 0 Å². The zero-order chi connectivity index (χ0) is 13.0. The van der Waals surface area contributed by atoms with E-state index in [9.17, 15) is 0 Å². The van der Waals surface area contributed by atoms with E-state index in [0.717, 1.165) is 30.4 Å². The van der Waals surface area contributed by atoms with Gasteiger partial charge in [0, 0.05) is 13.1 Å². The van der Waals surface area contributed by atoms with E-state index in [1.807, 2.05) is 6.92 Å². The van der Waals surface area contributed by atoms with Crippen LogP contribution in [0.3, 0.4) is 0 Å². The molecule has 0 saturated heterocycles. The number of aryl methyl sites for hydroxylation is 1. The van der Waals surface area contributed by atoms with Gasteiger partial charge in [0.05, 0.1) is 0 Å². The lowest BCUT2D eigenvalue weighted by atomic mass is 9.78. The molecular weight excluding hydrogens is 226 g/mol. The first kappa shape index (κ1) is 13.5. The minimum Gasteiger partial charge on any atom is -0.310 e. The molecule has 1 heterocycles. The van der Waals surface area contributed by atoms with E-state index in [4.69, 9.17) is 4.63 Å². The average molecular weight is 251 g/mol. The van der Waals surface area contributed by atoms with E-state index < -0.39 is 0 Å². The third kappa shape index (κ3) is 3.31. The Bertz CT molecular complexity index is 367. The minimum absolute atomic E-state index is 0.513. The van der Waals surface area contributed by atoms with Gasteiger partial charge in [-0.15, -0.1) is 0 Å². The zero-order valence-electron chi connectivity index (χ0n) is 11.8. The smallest absolute Gasteiger partial charge is 0.121 e. The summed E-state index contributed by atoms with van der Waals surface area (Å²) in [5, 5.41) is 11.3. The van der Waals surface area contributed by atoms with Gasteiger partial charge in [-0.05, 0) is 37.5 Å². The number of hydrogen-bond donors (Lipinski definition) is 1. The van der Waals surface area contributed by atoms with Crippen molar-refractivity contribution >= 4 is 0 Å². The first-order valence-electron chi connectivity index (χ1n) is 7.10. The van der Waals surface area contributed by atoms with Crippen LogP contribution in [0.15, 0.2) is 4.63 Å². The van der Waals surface area contributed by atoms with Crippen LogP contribution in [0.4, 0.5) is 0 Å². The van der Waals surface area contributed by atoms with Crippen LogP contribution >= 0.6 is 0 Å². The summed E-state index contributed by atoms with van der Waals surface area (Å²) >= 11 is 0. The summed E-state index contributed by atoms with van der Waals surface area (Å²) in [7, 11) is 0. The summed E-state index contributed by atoms with van der Waals surface area (Å²) in [5.74, 6) is 0.778. The quantitative estimate of drug-likeness (QED) is 0.844. The molecule has 1 aromatic heterocycles. The summed E-state index contributed by atoms with van der Waals surface area (Å²) < 4.78 is 4.72. The minimum atomic E-state index is 0.513. The normalized spacial score (nSPS) is 18.7. The molecule has 1 N–H and O–H groups in total. The summed E-state index contributed by atoms with van der Waals surface area (Å²) in [6.45, 7) is 8.46. The van der Waals surface area contributed by atoms with Crippen molar-refractivity contribution in [3.05, 3.63) is 11.4 Å². The van der Waals surface area contributed by atoms with Crippen molar-refractivity contribution in [2.75, 3.05) is 6.54 Å². The molecule has 2 rings (SSSR count). The molecule has 1 aliphatic carbocycles. The van der Waals surface area contributed by atoms with Crippen LogP contribution in [0.1, 0.15) is 57.3 Å². The number of nitrogens with one attached hydrogen (secondary N) is 1. The lowest BCUT2D eigenvalue weighted by molar-refractivity contribution is 0.222. The molecule has 0 bridgehead atoms. The first-order chi connectivity index (χ1) is 8.61. The molecule has 0 unspecified atom stereocenters. The van der Waals surface area contributed by atoms with Gasteiger partial charge in [-0.25, -0.2) is 4.63 Å². The molecule has 4 heteroatoms. The molecule has 0 aliphatic heterocycles. The number of aromatic nitrogens is 2. The highest BCUT2D eigenvalue weighted by molar-refractivity contribution is 5.04. The average Bonchev–Trinajstić information content (AvgIpc) is 2.89. The standard InChI is InChI=1S/C14H25N3O/c1-11(2)8-14(6-4-5-7-14)10-15-9-13-12(3)16-18-17-13/h11,15H,4-10H2,1-3H3. The maximum Gasteiger partial charge on any atom is 0.121 e.